The van der Waals surface area contributed by atoms with Crippen molar-refractivity contribution >= 4 is 17.6 Å². The van der Waals surface area contributed by atoms with Gasteiger partial charge in [-0.3, -0.25) is 4.79 Å². The molecule has 108 valence electrons. The van der Waals surface area contributed by atoms with E-state index < -0.39 is 0 Å². The lowest BCUT2D eigenvalue weighted by atomic mass is 10.2. The summed E-state index contributed by atoms with van der Waals surface area (Å²) in [6.45, 7) is 3.95. The summed E-state index contributed by atoms with van der Waals surface area (Å²) in [5.74, 6) is 0.537. The van der Waals surface area contributed by atoms with Gasteiger partial charge in [0, 0.05) is 25.2 Å². The van der Waals surface area contributed by atoms with Crippen LogP contribution in [0, 0.1) is 5.92 Å². The second kappa shape index (κ2) is 6.41. The Kier molecular flexibility index (Phi) is 4.61. The van der Waals surface area contributed by atoms with Gasteiger partial charge in [-0.2, -0.15) is 0 Å². The van der Waals surface area contributed by atoms with E-state index in [1.165, 1.54) is 19.8 Å². The van der Waals surface area contributed by atoms with Crippen LogP contribution in [0.15, 0.2) is 24.3 Å². The van der Waals surface area contributed by atoms with Crippen LogP contribution in [-0.4, -0.2) is 18.0 Å². The predicted octanol–water partition coefficient (Wildman–Crippen LogP) is 2.24. The van der Waals surface area contributed by atoms with Crippen molar-refractivity contribution in [3.63, 3.8) is 0 Å². The molecule has 1 atom stereocenters. The van der Waals surface area contributed by atoms with E-state index >= 15 is 0 Å². The SMILES string of the molecule is CC(=O)Nc1cccc(CNC(=O)NC(C)C2CC2)c1. The molecule has 1 aliphatic rings. The summed E-state index contributed by atoms with van der Waals surface area (Å²) in [5, 5.41) is 8.49. The zero-order valence-corrected chi connectivity index (χ0v) is 11.9. The molecular weight excluding hydrogens is 254 g/mol. The van der Waals surface area contributed by atoms with Crippen molar-refractivity contribution < 1.29 is 9.59 Å². The number of carbonyl (C=O) groups is 2. The van der Waals surface area contributed by atoms with Crippen molar-refractivity contribution in [2.75, 3.05) is 5.32 Å². The topological polar surface area (TPSA) is 70.2 Å². The lowest BCUT2D eigenvalue weighted by Crippen LogP contribution is -2.41. The number of amides is 3. The Labute approximate surface area is 119 Å². The Morgan fingerprint density at radius 3 is 2.75 bits per heavy atom. The highest BCUT2D eigenvalue weighted by molar-refractivity contribution is 5.88. The number of benzene rings is 1. The number of urea groups is 1. The molecule has 2 rings (SSSR count). The molecule has 0 bridgehead atoms. The molecule has 5 heteroatoms. The van der Waals surface area contributed by atoms with E-state index in [-0.39, 0.29) is 18.0 Å². The van der Waals surface area contributed by atoms with Crippen molar-refractivity contribution in [2.45, 2.75) is 39.3 Å². The standard InChI is InChI=1S/C15H21N3O2/c1-10(13-6-7-13)17-15(20)16-9-12-4-3-5-14(8-12)18-11(2)19/h3-5,8,10,13H,6-7,9H2,1-2H3,(H,18,19)(H2,16,17,20). The first-order valence-corrected chi connectivity index (χ1v) is 6.95. The number of anilines is 1. The molecule has 5 nitrogen and oxygen atoms in total. The minimum atomic E-state index is -0.144. The summed E-state index contributed by atoms with van der Waals surface area (Å²) in [7, 11) is 0. The first-order valence-electron chi connectivity index (χ1n) is 6.95. The van der Waals surface area contributed by atoms with Crippen LogP contribution in [0.1, 0.15) is 32.3 Å². The normalized spacial score (nSPS) is 15.3. The Morgan fingerprint density at radius 1 is 1.35 bits per heavy atom. The van der Waals surface area contributed by atoms with E-state index in [2.05, 4.69) is 16.0 Å². The first-order chi connectivity index (χ1) is 9.54. The Morgan fingerprint density at radius 2 is 2.10 bits per heavy atom. The molecular formula is C15H21N3O2. The summed E-state index contributed by atoms with van der Waals surface area (Å²) < 4.78 is 0. The van der Waals surface area contributed by atoms with Gasteiger partial charge in [-0.05, 0) is 43.4 Å². The minimum absolute atomic E-state index is 0.105. The summed E-state index contributed by atoms with van der Waals surface area (Å²) in [4.78, 5) is 22.7. The van der Waals surface area contributed by atoms with Gasteiger partial charge in [0.2, 0.25) is 5.91 Å². The van der Waals surface area contributed by atoms with Crippen LogP contribution < -0.4 is 16.0 Å². The second-order valence-corrected chi connectivity index (χ2v) is 5.33. The largest absolute Gasteiger partial charge is 0.335 e. The van der Waals surface area contributed by atoms with Crippen LogP contribution in [-0.2, 0) is 11.3 Å². The third-order valence-electron chi connectivity index (χ3n) is 3.39. The molecule has 1 aromatic carbocycles. The van der Waals surface area contributed by atoms with Crippen LogP contribution in [0.5, 0.6) is 0 Å². The Hall–Kier alpha value is -2.04. The lowest BCUT2D eigenvalue weighted by Gasteiger charge is -2.14. The highest BCUT2D eigenvalue weighted by Gasteiger charge is 2.28. The average molecular weight is 275 g/mol. The van der Waals surface area contributed by atoms with E-state index in [0.29, 0.717) is 12.5 Å². The van der Waals surface area contributed by atoms with Crippen LogP contribution in [0.25, 0.3) is 0 Å². The lowest BCUT2D eigenvalue weighted by molar-refractivity contribution is -0.114. The monoisotopic (exact) mass is 275 g/mol. The molecule has 0 aromatic heterocycles. The van der Waals surface area contributed by atoms with Crippen molar-refractivity contribution in [1.29, 1.82) is 0 Å². The highest BCUT2D eigenvalue weighted by atomic mass is 16.2. The third kappa shape index (κ3) is 4.57. The molecule has 3 N–H and O–H groups in total. The van der Waals surface area contributed by atoms with E-state index in [9.17, 15) is 9.59 Å². The number of hydrogen-bond acceptors (Lipinski definition) is 2. The van der Waals surface area contributed by atoms with E-state index in [1.54, 1.807) is 0 Å². The number of carbonyl (C=O) groups excluding carboxylic acids is 2. The van der Waals surface area contributed by atoms with E-state index in [4.69, 9.17) is 0 Å². The summed E-state index contributed by atoms with van der Waals surface area (Å²) in [6, 6.07) is 7.53. The van der Waals surface area contributed by atoms with Gasteiger partial charge in [-0.25, -0.2) is 4.79 Å². The fraction of sp³-hybridized carbons (Fsp3) is 0.467. The molecule has 1 aliphatic carbocycles. The molecule has 1 aromatic rings. The van der Waals surface area contributed by atoms with Crippen molar-refractivity contribution in [2.24, 2.45) is 5.92 Å². The fourth-order valence-corrected chi connectivity index (χ4v) is 2.12. The zero-order valence-electron chi connectivity index (χ0n) is 11.9. The predicted molar refractivity (Wildman–Crippen MR) is 78.3 cm³/mol. The number of nitrogens with one attached hydrogen (secondary N) is 3. The molecule has 1 unspecified atom stereocenters. The van der Waals surface area contributed by atoms with Gasteiger partial charge in [0.05, 0.1) is 0 Å². The first kappa shape index (κ1) is 14.4. The molecule has 20 heavy (non-hydrogen) atoms. The van der Waals surface area contributed by atoms with Crippen LogP contribution in [0.4, 0.5) is 10.5 Å². The fourth-order valence-electron chi connectivity index (χ4n) is 2.12. The van der Waals surface area contributed by atoms with Crippen LogP contribution >= 0.6 is 0 Å². The van der Waals surface area contributed by atoms with Gasteiger partial charge in [0.25, 0.3) is 0 Å². The van der Waals surface area contributed by atoms with Crippen LogP contribution in [0.2, 0.25) is 0 Å². The van der Waals surface area contributed by atoms with Crippen molar-refractivity contribution in [3.05, 3.63) is 29.8 Å². The minimum Gasteiger partial charge on any atom is -0.335 e. The Balaban J connectivity index is 1.80. The Bertz CT molecular complexity index is 498. The number of rotatable bonds is 5. The third-order valence-corrected chi connectivity index (χ3v) is 3.39. The van der Waals surface area contributed by atoms with Gasteiger partial charge < -0.3 is 16.0 Å². The quantitative estimate of drug-likeness (QED) is 0.771. The van der Waals surface area contributed by atoms with Gasteiger partial charge in [0.15, 0.2) is 0 Å². The molecule has 0 heterocycles. The average Bonchev–Trinajstić information content (AvgIpc) is 3.20. The van der Waals surface area contributed by atoms with E-state index in [1.807, 2.05) is 31.2 Å². The molecule has 0 radical (unpaired) electrons. The highest BCUT2D eigenvalue weighted by Crippen LogP contribution is 2.32. The van der Waals surface area contributed by atoms with Gasteiger partial charge in [-0.15, -0.1) is 0 Å². The van der Waals surface area contributed by atoms with Gasteiger partial charge in [-0.1, -0.05) is 12.1 Å². The molecule has 0 spiro atoms. The maximum atomic E-state index is 11.7. The zero-order chi connectivity index (χ0) is 14.5. The summed E-state index contributed by atoms with van der Waals surface area (Å²) >= 11 is 0. The molecule has 3 amide bonds. The molecule has 0 saturated heterocycles. The van der Waals surface area contributed by atoms with Gasteiger partial charge >= 0.3 is 6.03 Å². The van der Waals surface area contributed by atoms with Crippen molar-refractivity contribution in [1.82, 2.24) is 10.6 Å². The summed E-state index contributed by atoms with van der Waals surface area (Å²) in [6.07, 6.45) is 2.42. The van der Waals surface area contributed by atoms with E-state index in [0.717, 1.165) is 11.3 Å². The maximum absolute atomic E-state index is 11.7. The maximum Gasteiger partial charge on any atom is 0.315 e. The number of hydrogen-bond donors (Lipinski definition) is 3. The van der Waals surface area contributed by atoms with Crippen molar-refractivity contribution in [3.8, 4) is 0 Å². The van der Waals surface area contributed by atoms with Gasteiger partial charge in [0.1, 0.15) is 0 Å². The molecule has 0 aliphatic heterocycles. The van der Waals surface area contributed by atoms with Crippen LogP contribution in [0.3, 0.4) is 0 Å². The molecule has 1 saturated carbocycles. The summed E-state index contributed by atoms with van der Waals surface area (Å²) in [5.41, 5.74) is 1.69. The smallest absolute Gasteiger partial charge is 0.315 e. The second-order valence-electron chi connectivity index (χ2n) is 5.33. The molecule has 1 fully saturated rings.